The fraction of sp³-hybridized carbons (Fsp3) is 1.00. The van der Waals surface area contributed by atoms with Crippen LogP contribution in [0, 0.1) is 0 Å². The summed E-state index contributed by atoms with van der Waals surface area (Å²) in [5, 5.41) is 0. The highest BCUT2D eigenvalue weighted by molar-refractivity contribution is 6.73. The molecule has 11 heavy (non-hydrogen) atoms. The molecule has 0 aliphatic rings. The Bertz CT molecular complexity index is 81.3. The lowest BCUT2D eigenvalue weighted by atomic mass is 10.4. The maximum Gasteiger partial charge on any atom is 0.191 e. The average Bonchev–Trinajstić information content (AvgIpc) is 2.08. The first-order valence-corrected chi connectivity index (χ1v) is 7.32. The third kappa shape index (κ3) is 3.39. The van der Waals surface area contributed by atoms with Crippen molar-refractivity contribution in [1.82, 2.24) is 0 Å². The van der Waals surface area contributed by atoms with Crippen LogP contribution in [0.1, 0.15) is 33.6 Å². The molecular weight excluding hydrogens is 152 g/mol. The summed E-state index contributed by atoms with van der Waals surface area (Å²) in [6.07, 6.45) is 2.65. The minimum Gasteiger partial charge on any atom is -0.420 e. The van der Waals surface area contributed by atoms with Crippen LogP contribution in [0.3, 0.4) is 0 Å². The van der Waals surface area contributed by atoms with E-state index in [0.29, 0.717) is 0 Å². The van der Waals surface area contributed by atoms with Crippen LogP contribution >= 0.6 is 0 Å². The van der Waals surface area contributed by atoms with Gasteiger partial charge in [0.1, 0.15) is 0 Å². The molecule has 0 saturated carbocycles. The van der Waals surface area contributed by atoms with Crippen LogP contribution in [-0.4, -0.2) is 15.4 Å². The summed E-state index contributed by atoms with van der Waals surface area (Å²) in [7, 11) is 0.659. The lowest BCUT2D eigenvalue weighted by molar-refractivity contribution is 0.389. The first-order valence-electron chi connectivity index (χ1n) is 4.79. The molecule has 0 atom stereocenters. The molecule has 0 saturated heterocycles. The van der Waals surface area contributed by atoms with Gasteiger partial charge in [-0.15, -0.1) is 0 Å². The van der Waals surface area contributed by atoms with E-state index in [0.717, 1.165) is 0 Å². The van der Waals surface area contributed by atoms with Crippen LogP contribution in [0.15, 0.2) is 0 Å². The van der Waals surface area contributed by atoms with Gasteiger partial charge in [0, 0.05) is 7.11 Å². The highest BCUT2D eigenvalue weighted by atomic mass is 28.4. The van der Waals surface area contributed by atoms with E-state index >= 15 is 0 Å². The summed E-state index contributed by atoms with van der Waals surface area (Å²) in [6.45, 7) is 6.80. The SMILES string of the molecule is CCCC[Si](CC)(CC)OC. The van der Waals surface area contributed by atoms with Crippen molar-refractivity contribution in [2.75, 3.05) is 7.11 Å². The van der Waals surface area contributed by atoms with Gasteiger partial charge in [-0.2, -0.15) is 0 Å². The Morgan fingerprint density at radius 1 is 1.09 bits per heavy atom. The molecule has 0 N–H and O–H groups in total. The predicted molar refractivity (Wildman–Crippen MR) is 53.4 cm³/mol. The minimum absolute atomic E-state index is 1.24. The molecule has 0 rings (SSSR count). The van der Waals surface area contributed by atoms with E-state index in [1.54, 1.807) is 0 Å². The highest BCUT2D eigenvalue weighted by Crippen LogP contribution is 2.23. The largest absolute Gasteiger partial charge is 0.420 e. The molecule has 0 fully saturated rings. The predicted octanol–water partition coefficient (Wildman–Crippen LogP) is 3.42. The van der Waals surface area contributed by atoms with Crippen LogP contribution < -0.4 is 0 Å². The maximum absolute atomic E-state index is 5.68. The van der Waals surface area contributed by atoms with Crippen molar-refractivity contribution in [2.24, 2.45) is 0 Å². The van der Waals surface area contributed by atoms with Gasteiger partial charge in [-0.3, -0.25) is 0 Å². The number of rotatable bonds is 6. The Hall–Kier alpha value is 0.177. The third-order valence-electron chi connectivity index (χ3n) is 2.71. The van der Waals surface area contributed by atoms with Crippen LogP contribution in [0.2, 0.25) is 18.1 Å². The highest BCUT2D eigenvalue weighted by Gasteiger charge is 2.28. The molecule has 0 aromatic rings. The van der Waals surface area contributed by atoms with Crippen molar-refractivity contribution in [1.29, 1.82) is 0 Å². The van der Waals surface area contributed by atoms with Gasteiger partial charge in [0.15, 0.2) is 8.32 Å². The maximum atomic E-state index is 5.68. The van der Waals surface area contributed by atoms with E-state index in [4.69, 9.17) is 4.43 Å². The fourth-order valence-corrected chi connectivity index (χ4v) is 4.48. The Labute approximate surface area is 72.3 Å². The Kier molecular flexibility index (Phi) is 5.87. The molecular formula is C9H22OSi. The molecule has 0 aliphatic heterocycles. The van der Waals surface area contributed by atoms with Crippen LogP contribution in [0.5, 0.6) is 0 Å². The van der Waals surface area contributed by atoms with Crippen molar-refractivity contribution in [3.8, 4) is 0 Å². The second-order valence-electron chi connectivity index (χ2n) is 3.20. The normalized spacial score (nSPS) is 12.0. The zero-order valence-electron chi connectivity index (χ0n) is 8.44. The van der Waals surface area contributed by atoms with E-state index < -0.39 is 8.32 Å². The monoisotopic (exact) mass is 174 g/mol. The Balaban J connectivity index is 3.84. The van der Waals surface area contributed by atoms with E-state index in [1.165, 1.54) is 31.0 Å². The smallest absolute Gasteiger partial charge is 0.191 e. The van der Waals surface area contributed by atoms with E-state index in [9.17, 15) is 0 Å². The Morgan fingerprint density at radius 3 is 1.91 bits per heavy atom. The van der Waals surface area contributed by atoms with Crippen molar-refractivity contribution in [3.05, 3.63) is 0 Å². The molecule has 0 aromatic heterocycles. The van der Waals surface area contributed by atoms with Crippen molar-refractivity contribution in [3.63, 3.8) is 0 Å². The summed E-state index contributed by atoms with van der Waals surface area (Å²) >= 11 is 0. The number of unbranched alkanes of at least 4 members (excludes halogenated alkanes) is 1. The molecule has 2 heteroatoms. The second kappa shape index (κ2) is 5.78. The minimum atomic E-state index is -1.24. The van der Waals surface area contributed by atoms with Gasteiger partial charge in [-0.25, -0.2) is 0 Å². The average molecular weight is 174 g/mol. The van der Waals surface area contributed by atoms with Gasteiger partial charge in [-0.05, 0) is 18.1 Å². The molecule has 0 bridgehead atoms. The van der Waals surface area contributed by atoms with Gasteiger partial charge in [0.05, 0.1) is 0 Å². The standard InChI is InChI=1S/C9H22OSi/c1-5-8-9-11(6-2,7-3)10-4/h5-9H2,1-4H3. The number of hydrogen-bond acceptors (Lipinski definition) is 1. The first-order chi connectivity index (χ1) is 5.24. The topological polar surface area (TPSA) is 9.23 Å². The lowest BCUT2D eigenvalue weighted by Gasteiger charge is -2.26. The summed E-state index contributed by atoms with van der Waals surface area (Å²) in [5.74, 6) is 0. The summed E-state index contributed by atoms with van der Waals surface area (Å²) in [5.41, 5.74) is 0. The van der Waals surface area contributed by atoms with Crippen LogP contribution in [0.25, 0.3) is 0 Å². The van der Waals surface area contributed by atoms with Gasteiger partial charge in [0.2, 0.25) is 0 Å². The van der Waals surface area contributed by atoms with E-state index in [1.807, 2.05) is 7.11 Å². The molecule has 0 aliphatic carbocycles. The second-order valence-corrected chi connectivity index (χ2v) is 7.89. The van der Waals surface area contributed by atoms with E-state index in [2.05, 4.69) is 20.8 Å². The van der Waals surface area contributed by atoms with Gasteiger partial charge < -0.3 is 4.43 Å². The third-order valence-corrected chi connectivity index (χ3v) is 7.42. The molecule has 0 amide bonds. The van der Waals surface area contributed by atoms with Gasteiger partial charge in [0.25, 0.3) is 0 Å². The first kappa shape index (κ1) is 11.2. The van der Waals surface area contributed by atoms with Crippen LogP contribution in [0.4, 0.5) is 0 Å². The van der Waals surface area contributed by atoms with Crippen molar-refractivity contribution < 1.29 is 4.43 Å². The fourth-order valence-electron chi connectivity index (χ4n) is 1.49. The zero-order valence-corrected chi connectivity index (χ0v) is 9.44. The molecule has 0 aromatic carbocycles. The van der Waals surface area contributed by atoms with Crippen LogP contribution in [-0.2, 0) is 4.43 Å². The molecule has 1 nitrogen and oxygen atoms in total. The molecule has 0 unspecified atom stereocenters. The molecule has 0 heterocycles. The van der Waals surface area contributed by atoms with E-state index in [-0.39, 0.29) is 0 Å². The van der Waals surface area contributed by atoms with Gasteiger partial charge >= 0.3 is 0 Å². The molecule has 0 radical (unpaired) electrons. The molecule has 0 spiro atoms. The Morgan fingerprint density at radius 2 is 1.64 bits per heavy atom. The van der Waals surface area contributed by atoms with Crippen molar-refractivity contribution >= 4 is 8.32 Å². The van der Waals surface area contributed by atoms with Gasteiger partial charge in [-0.1, -0.05) is 33.6 Å². The summed E-state index contributed by atoms with van der Waals surface area (Å²) < 4.78 is 5.68. The lowest BCUT2D eigenvalue weighted by Crippen LogP contribution is -2.34. The zero-order chi connectivity index (χ0) is 8.74. The number of hydrogen-bond donors (Lipinski definition) is 0. The quantitative estimate of drug-likeness (QED) is 0.561. The summed E-state index contributed by atoms with van der Waals surface area (Å²) in [4.78, 5) is 0. The van der Waals surface area contributed by atoms with Crippen molar-refractivity contribution in [2.45, 2.75) is 51.7 Å². The molecule has 68 valence electrons. The summed E-state index contributed by atoms with van der Waals surface area (Å²) in [6, 6.07) is 3.91.